The molecule has 0 spiro atoms. The highest BCUT2D eigenvalue weighted by Gasteiger charge is 2.34. The molecule has 1 aliphatic carbocycles. The van der Waals surface area contributed by atoms with Gasteiger partial charge in [-0.15, -0.1) is 0 Å². The van der Waals surface area contributed by atoms with E-state index in [2.05, 4.69) is 44.3 Å². The molecule has 1 aromatic rings. The Bertz CT molecular complexity index is 412. The van der Waals surface area contributed by atoms with Gasteiger partial charge in [0.15, 0.2) is 0 Å². The fraction of sp³-hybridized carbons (Fsp3) is 0.625. The number of nitrogens with one attached hydrogen (secondary N) is 1. The lowest BCUT2D eigenvalue weighted by molar-refractivity contribution is 0.334. The molecule has 1 atom stereocenters. The average molecular weight is 247 g/mol. The zero-order valence-electron chi connectivity index (χ0n) is 12.0. The summed E-state index contributed by atoms with van der Waals surface area (Å²) >= 11 is 0. The molecule has 0 amide bonds. The summed E-state index contributed by atoms with van der Waals surface area (Å²) in [5, 5.41) is 3.69. The fourth-order valence-corrected chi connectivity index (χ4v) is 2.81. The van der Waals surface area contributed by atoms with Crippen LogP contribution in [0.25, 0.3) is 0 Å². The molecule has 1 unspecified atom stereocenters. The second kappa shape index (κ2) is 5.21. The molecular weight excluding hydrogens is 222 g/mol. The highest BCUT2D eigenvalue weighted by molar-refractivity contribution is 5.58. The van der Waals surface area contributed by atoms with Crippen molar-refractivity contribution in [3.8, 4) is 5.75 Å². The molecule has 2 rings (SSSR count). The average Bonchev–Trinajstić information content (AvgIpc) is 2.62. The second-order valence-electron chi connectivity index (χ2n) is 6.01. The zero-order chi connectivity index (χ0) is 13.2. The summed E-state index contributed by atoms with van der Waals surface area (Å²) in [6.45, 7) is 9.56. The van der Waals surface area contributed by atoms with Crippen LogP contribution in [-0.4, -0.2) is 12.6 Å². The van der Waals surface area contributed by atoms with E-state index in [1.807, 2.05) is 6.92 Å². The molecule has 1 saturated carbocycles. The molecule has 1 aliphatic rings. The van der Waals surface area contributed by atoms with Crippen molar-refractivity contribution in [3.05, 3.63) is 23.8 Å². The van der Waals surface area contributed by atoms with E-state index in [0.29, 0.717) is 18.1 Å². The molecule has 0 heterocycles. The third kappa shape index (κ3) is 2.80. The van der Waals surface area contributed by atoms with E-state index in [1.54, 1.807) is 0 Å². The quantitative estimate of drug-likeness (QED) is 0.852. The topological polar surface area (TPSA) is 21.3 Å². The van der Waals surface area contributed by atoms with Crippen molar-refractivity contribution in [3.63, 3.8) is 0 Å². The number of ether oxygens (including phenoxy) is 1. The van der Waals surface area contributed by atoms with Gasteiger partial charge in [-0.25, -0.2) is 0 Å². The SMILES string of the molecule is CCOc1cc(C)ccc1NC1CCCC1(C)C. The van der Waals surface area contributed by atoms with Gasteiger partial charge in [0.2, 0.25) is 0 Å². The Morgan fingerprint density at radius 1 is 1.39 bits per heavy atom. The lowest BCUT2D eigenvalue weighted by Gasteiger charge is -2.29. The van der Waals surface area contributed by atoms with Crippen molar-refractivity contribution in [2.24, 2.45) is 5.41 Å². The molecule has 0 bridgehead atoms. The first-order valence-electron chi connectivity index (χ1n) is 7.03. The number of anilines is 1. The standard InChI is InChI=1S/C16H25NO/c1-5-18-14-11-12(2)8-9-13(14)17-15-7-6-10-16(15,3)4/h8-9,11,15,17H,5-7,10H2,1-4H3. The van der Waals surface area contributed by atoms with Crippen molar-refractivity contribution >= 4 is 5.69 Å². The van der Waals surface area contributed by atoms with Crippen LogP contribution < -0.4 is 10.1 Å². The van der Waals surface area contributed by atoms with Crippen LogP contribution in [0.4, 0.5) is 5.69 Å². The molecule has 1 aromatic carbocycles. The number of hydrogen-bond acceptors (Lipinski definition) is 2. The van der Waals surface area contributed by atoms with Crippen LogP contribution in [0.1, 0.15) is 45.6 Å². The maximum atomic E-state index is 5.73. The van der Waals surface area contributed by atoms with Crippen LogP contribution in [0.5, 0.6) is 5.75 Å². The smallest absolute Gasteiger partial charge is 0.142 e. The Kier molecular flexibility index (Phi) is 3.84. The number of hydrogen-bond donors (Lipinski definition) is 1. The zero-order valence-corrected chi connectivity index (χ0v) is 12.0. The van der Waals surface area contributed by atoms with Gasteiger partial charge < -0.3 is 10.1 Å². The van der Waals surface area contributed by atoms with Crippen molar-refractivity contribution < 1.29 is 4.74 Å². The summed E-state index contributed by atoms with van der Waals surface area (Å²) in [6.07, 6.45) is 3.88. The van der Waals surface area contributed by atoms with Gasteiger partial charge in [0.25, 0.3) is 0 Å². The van der Waals surface area contributed by atoms with Crippen LogP contribution in [0.2, 0.25) is 0 Å². The van der Waals surface area contributed by atoms with E-state index in [9.17, 15) is 0 Å². The first-order chi connectivity index (χ1) is 8.53. The monoisotopic (exact) mass is 247 g/mol. The Morgan fingerprint density at radius 2 is 2.17 bits per heavy atom. The van der Waals surface area contributed by atoms with E-state index in [0.717, 1.165) is 11.4 Å². The Labute approximate surface area is 111 Å². The molecule has 1 N–H and O–H groups in total. The maximum Gasteiger partial charge on any atom is 0.142 e. The van der Waals surface area contributed by atoms with E-state index >= 15 is 0 Å². The molecule has 18 heavy (non-hydrogen) atoms. The molecule has 0 aliphatic heterocycles. The largest absolute Gasteiger partial charge is 0.492 e. The Hall–Kier alpha value is -1.18. The first kappa shape index (κ1) is 13.3. The summed E-state index contributed by atoms with van der Waals surface area (Å²) in [5.41, 5.74) is 2.77. The summed E-state index contributed by atoms with van der Waals surface area (Å²) in [7, 11) is 0. The maximum absolute atomic E-state index is 5.73. The summed E-state index contributed by atoms with van der Waals surface area (Å²) < 4.78 is 5.73. The van der Waals surface area contributed by atoms with Gasteiger partial charge in [-0.05, 0) is 49.8 Å². The van der Waals surface area contributed by atoms with Gasteiger partial charge >= 0.3 is 0 Å². The summed E-state index contributed by atoms with van der Waals surface area (Å²) in [6, 6.07) is 6.97. The second-order valence-corrected chi connectivity index (χ2v) is 6.01. The van der Waals surface area contributed by atoms with Gasteiger partial charge in [0.1, 0.15) is 5.75 Å². The number of rotatable bonds is 4. The summed E-state index contributed by atoms with van der Waals surface area (Å²) in [4.78, 5) is 0. The van der Waals surface area contributed by atoms with Crippen LogP contribution in [-0.2, 0) is 0 Å². The predicted octanol–water partition coefficient (Wildman–Crippen LogP) is 4.38. The Morgan fingerprint density at radius 3 is 2.78 bits per heavy atom. The molecule has 0 saturated heterocycles. The minimum Gasteiger partial charge on any atom is -0.492 e. The fourth-order valence-electron chi connectivity index (χ4n) is 2.81. The van der Waals surface area contributed by atoms with Gasteiger partial charge in [0, 0.05) is 6.04 Å². The molecule has 0 aromatic heterocycles. The first-order valence-corrected chi connectivity index (χ1v) is 7.03. The van der Waals surface area contributed by atoms with Crippen LogP contribution in [0.15, 0.2) is 18.2 Å². The predicted molar refractivity (Wildman–Crippen MR) is 77.4 cm³/mol. The lowest BCUT2D eigenvalue weighted by Crippen LogP contribution is -2.30. The third-order valence-electron chi connectivity index (χ3n) is 4.02. The Balaban J connectivity index is 2.18. The lowest BCUT2D eigenvalue weighted by atomic mass is 9.87. The minimum absolute atomic E-state index is 0.383. The van der Waals surface area contributed by atoms with Crippen LogP contribution >= 0.6 is 0 Å². The van der Waals surface area contributed by atoms with E-state index in [-0.39, 0.29) is 0 Å². The number of benzene rings is 1. The van der Waals surface area contributed by atoms with Gasteiger partial charge in [-0.3, -0.25) is 0 Å². The van der Waals surface area contributed by atoms with Crippen molar-refractivity contribution in [1.29, 1.82) is 0 Å². The molecule has 100 valence electrons. The number of aryl methyl sites for hydroxylation is 1. The molecular formula is C16H25NO. The van der Waals surface area contributed by atoms with Crippen molar-refractivity contribution in [2.45, 2.75) is 53.0 Å². The van der Waals surface area contributed by atoms with Crippen molar-refractivity contribution in [2.75, 3.05) is 11.9 Å². The minimum atomic E-state index is 0.383. The van der Waals surface area contributed by atoms with Crippen LogP contribution in [0, 0.1) is 12.3 Å². The molecule has 2 heteroatoms. The van der Waals surface area contributed by atoms with Crippen molar-refractivity contribution in [1.82, 2.24) is 0 Å². The van der Waals surface area contributed by atoms with E-state index in [4.69, 9.17) is 4.74 Å². The van der Waals surface area contributed by atoms with Gasteiger partial charge in [-0.2, -0.15) is 0 Å². The van der Waals surface area contributed by atoms with E-state index < -0.39 is 0 Å². The van der Waals surface area contributed by atoms with Gasteiger partial charge in [-0.1, -0.05) is 26.3 Å². The molecule has 0 radical (unpaired) electrons. The summed E-state index contributed by atoms with van der Waals surface area (Å²) in [5.74, 6) is 0.986. The van der Waals surface area contributed by atoms with Gasteiger partial charge in [0.05, 0.1) is 12.3 Å². The van der Waals surface area contributed by atoms with E-state index in [1.165, 1.54) is 24.8 Å². The van der Waals surface area contributed by atoms with Crippen LogP contribution in [0.3, 0.4) is 0 Å². The highest BCUT2D eigenvalue weighted by atomic mass is 16.5. The third-order valence-corrected chi connectivity index (χ3v) is 4.02. The molecule has 1 fully saturated rings. The highest BCUT2D eigenvalue weighted by Crippen LogP contribution is 2.40. The normalized spacial score (nSPS) is 21.9. The molecule has 2 nitrogen and oxygen atoms in total.